The number of carbonyl (C=O) groups excluding carboxylic acids is 1. The van der Waals surface area contributed by atoms with Crippen molar-refractivity contribution in [1.29, 1.82) is 0 Å². The highest BCUT2D eigenvalue weighted by Crippen LogP contribution is 2.15. The highest BCUT2D eigenvalue weighted by atomic mass is 32.2. The molecule has 0 aromatic rings. The molecule has 41 heavy (non-hydrogen) atoms. The topological polar surface area (TPSA) is 124 Å². The second-order valence-corrected chi connectivity index (χ2v) is 13.1. The number of hydrogen-bond donors (Lipinski definition) is 4. The number of aliphatic hydroxyl groups is 2. The van der Waals surface area contributed by atoms with E-state index in [0.29, 0.717) is 19.3 Å². The first kappa shape index (κ1) is 39.8. The Morgan fingerprint density at radius 2 is 1.07 bits per heavy atom. The van der Waals surface area contributed by atoms with Crippen LogP contribution in [0, 0.1) is 0 Å². The Morgan fingerprint density at radius 3 is 1.59 bits per heavy atom. The monoisotopic (exact) mass is 601 g/mol. The van der Waals surface area contributed by atoms with Gasteiger partial charge in [0.05, 0.1) is 17.9 Å². The molecule has 0 saturated heterocycles. The van der Waals surface area contributed by atoms with Gasteiger partial charge in [-0.05, 0) is 38.5 Å². The van der Waals surface area contributed by atoms with E-state index in [2.05, 4.69) is 43.5 Å². The minimum absolute atomic E-state index is 0.279. The molecule has 0 aromatic carbocycles. The van der Waals surface area contributed by atoms with Crippen LogP contribution in [-0.4, -0.2) is 53.1 Å². The summed E-state index contributed by atoms with van der Waals surface area (Å²) in [6, 6.07) is -1.15. The molecular formula is C33H63NO6S. The van der Waals surface area contributed by atoms with Crippen LogP contribution in [-0.2, 0) is 14.9 Å². The quantitative estimate of drug-likeness (QED) is 0.0394. The van der Waals surface area contributed by atoms with Gasteiger partial charge >= 0.3 is 0 Å². The van der Waals surface area contributed by atoms with E-state index < -0.39 is 40.0 Å². The highest BCUT2D eigenvalue weighted by molar-refractivity contribution is 7.85. The minimum atomic E-state index is -4.40. The lowest BCUT2D eigenvalue weighted by atomic mass is 10.0. The molecule has 0 spiro atoms. The van der Waals surface area contributed by atoms with Crippen molar-refractivity contribution in [2.24, 2.45) is 0 Å². The van der Waals surface area contributed by atoms with Crippen molar-refractivity contribution < 1.29 is 28.0 Å². The number of amides is 1. The van der Waals surface area contributed by atoms with Gasteiger partial charge in [-0.2, -0.15) is 8.42 Å². The summed E-state index contributed by atoms with van der Waals surface area (Å²) < 4.78 is 32.3. The largest absolute Gasteiger partial charge is 0.391 e. The first-order chi connectivity index (χ1) is 19.7. The fourth-order valence-electron chi connectivity index (χ4n) is 4.92. The van der Waals surface area contributed by atoms with E-state index in [-0.39, 0.29) is 6.42 Å². The van der Waals surface area contributed by atoms with Gasteiger partial charge in [0.2, 0.25) is 5.91 Å². The lowest BCUT2D eigenvalue weighted by molar-refractivity contribution is -0.131. The SMILES string of the molecule is CCCCC/C=C\C=C/CCCCCCCC(O)C(=O)NC(CS(=O)(=O)O)C(O)CCCCCCCCCCCC. The number of hydrogen-bond acceptors (Lipinski definition) is 5. The molecule has 0 aliphatic heterocycles. The maximum Gasteiger partial charge on any atom is 0.266 e. The average Bonchev–Trinajstić information content (AvgIpc) is 2.92. The summed E-state index contributed by atoms with van der Waals surface area (Å²) in [6.45, 7) is 4.42. The molecule has 0 heterocycles. The van der Waals surface area contributed by atoms with Crippen molar-refractivity contribution in [2.45, 2.75) is 173 Å². The predicted molar refractivity (Wildman–Crippen MR) is 172 cm³/mol. The minimum Gasteiger partial charge on any atom is -0.391 e. The summed E-state index contributed by atoms with van der Waals surface area (Å²) >= 11 is 0. The molecule has 242 valence electrons. The molecule has 0 rings (SSSR count). The molecule has 0 aromatic heterocycles. The fourth-order valence-corrected chi connectivity index (χ4v) is 5.68. The van der Waals surface area contributed by atoms with Gasteiger partial charge in [0, 0.05) is 0 Å². The smallest absolute Gasteiger partial charge is 0.266 e. The summed E-state index contributed by atoms with van der Waals surface area (Å²) in [4.78, 5) is 12.5. The Kier molecular flexibility index (Phi) is 26.8. The van der Waals surface area contributed by atoms with Crippen LogP contribution in [0.2, 0.25) is 0 Å². The van der Waals surface area contributed by atoms with Crippen LogP contribution in [0.15, 0.2) is 24.3 Å². The standard InChI is InChI=1S/C33H63NO6S/c1-3-5-7-9-11-13-15-16-17-18-20-22-24-26-28-32(36)33(37)34-30(29-41(38,39)40)31(35)27-25-23-21-19-14-12-10-8-6-4-2/h11,13,15-16,30-32,35-36H,3-10,12,14,17-29H2,1-2H3,(H,34,37)(H,38,39,40)/b13-11-,16-15-. The molecule has 0 aliphatic carbocycles. The van der Waals surface area contributed by atoms with Crippen molar-refractivity contribution >= 4 is 16.0 Å². The maximum absolute atomic E-state index is 12.5. The number of unbranched alkanes of at least 4 members (excludes halogenated alkanes) is 17. The van der Waals surface area contributed by atoms with Crippen LogP contribution in [0.5, 0.6) is 0 Å². The molecular weight excluding hydrogens is 538 g/mol. The van der Waals surface area contributed by atoms with E-state index >= 15 is 0 Å². The Balaban J connectivity index is 4.15. The van der Waals surface area contributed by atoms with Gasteiger partial charge in [0.25, 0.3) is 10.1 Å². The number of allylic oxidation sites excluding steroid dienone is 4. The average molecular weight is 602 g/mol. The van der Waals surface area contributed by atoms with Crippen LogP contribution >= 0.6 is 0 Å². The van der Waals surface area contributed by atoms with Crippen molar-refractivity contribution in [2.75, 3.05) is 5.75 Å². The van der Waals surface area contributed by atoms with Crippen LogP contribution in [0.3, 0.4) is 0 Å². The van der Waals surface area contributed by atoms with Crippen LogP contribution in [0.1, 0.15) is 155 Å². The molecule has 0 saturated carbocycles. The number of aliphatic hydroxyl groups excluding tert-OH is 2. The van der Waals surface area contributed by atoms with E-state index in [9.17, 15) is 28.0 Å². The first-order valence-electron chi connectivity index (χ1n) is 16.6. The third-order valence-electron chi connectivity index (χ3n) is 7.54. The molecule has 0 aliphatic rings. The normalized spacial score (nSPS) is 14.6. The molecule has 1 amide bonds. The predicted octanol–water partition coefficient (Wildman–Crippen LogP) is 7.82. The fraction of sp³-hybridized carbons (Fsp3) is 0.848. The van der Waals surface area contributed by atoms with Crippen LogP contribution in [0.25, 0.3) is 0 Å². The third kappa shape index (κ3) is 27.4. The summed E-state index contributed by atoms with van der Waals surface area (Å²) in [7, 11) is -4.40. The van der Waals surface area contributed by atoms with Crippen LogP contribution in [0.4, 0.5) is 0 Å². The summed E-state index contributed by atoms with van der Waals surface area (Å²) in [6.07, 6.45) is 29.1. The van der Waals surface area contributed by atoms with Crippen molar-refractivity contribution in [1.82, 2.24) is 5.32 Å². The van der Waals surface area contributed by atoms with Gasteiger partial charge in [0.15, 0.2) is 0 Å². The zero-order valence-electron chi connectivity index (χ0n) is 26.3. The second kappa shape index (κ2) is 27.6. The van der Waals surface area contributed by atoms with Crippen molar-refractivity contribution in [3.63, 3.8) is 0 Å². The van der Waals surface area contributed by atoms with Crippen molar-refractivity contribution in [3.8, 4) is 0 Å². The molecule has 7 nitrogen and oxygen atoms in total. The molecule has 3 unspecified atom stereocenters. The molecule has 3 atom stereocenters. The Bertz CT molecular complexity index is 768. The van der Waals surface area contributed by atoms with Gasteiger partial charge in [-0.25, -0.2) is 0 Å². The Hall–Kier alpha value is -1.22. The molecule has 0 bridgehead atoms. The summed E-state index contributed by atoms with van der Waals surface area (Å²) in [5.41, 5.74) is 0. The third-order valence-corrected chi connectivity index (χ3v) is 8.32. The second-order valence-electron chi connectivity index (χ2n) is 11.6. The maximum atomic E-state index is 12.5. The Labute approximate surface area is 252 Å². The van der Waals surface area contributed by atoms with E-state index in [0.717, 1.165) is 57.8 Å². The van der Waals surface area contributed by atoms with E-state index in [1.54, 1.807) is 0 Å². The summed E-state index contributed by atoms with van der Waals surface area (Å²) in [5, 5.41) is 23.3. The number of rotatable bonds is 29. The molecule has 4 N–H and O–H groups in total. The van der Waals surface area contributed by atoms with E-state index in [4.69, 9.17) is 0 Å². The van der Waals surface area contributed by atoms with E-state index in [1.165, 1.54) is 57.8 Å². The van der Waals surface area contributed by atoms with Gasteiger partial charge in [-0.15, -0.1) is 0 Å². The van der Waals surface area contributed by atoms with Gasteiger partial charge in [-0.3, -0.25) is 9.35 Å². The molecule has 0 radical (unpaired) electrons. The number of carbonyl (C=O) groups is 1. The lowest BCUT2D eigenvalue weighted by Gasteiger charge is -2.24. The van der Waals surface area contributed by atoms with Gasteiger partial charge < -0.3 is 15.5 Å². The zero-order valence-corrected chi connectivity index (χ0v) is 27.1. The molecule has 0 fully saturated rings. The van der Waals surface area contributed by atoms with Gasteiger partial charge in [-0.1, -0.05) is 141 Å². The lowest BCUT2D eigenvalue weighted by Crippen LogP contribution is -2.50. The van der Waals surface area contributed by atoms with Crippen LogP contribution < -0.4 is 5.32 Å². The summed E-state index contributed by atoms with van der Waals surface area (Å²) in [5.74, 6) is -1.47. The van der Waals surface area contributed by atoms with E-state index in [1.807, 2.05) is 0 Å². The number of nitrogens with one attached hydrogen (secondary N) is 1. The Morgan fingerprint density at radius 1 is 0.659 bits per heavy atom. The first-order valence-corrected chi connectivity index (χ1v) is 18.3. The molecule has 8 heteroatoms. The van der Waals surface area contributed by atoms with Gasteiger partial charge in [0.1, 0.15) is 6.10 Å². The zero-order chi connectivity index (χ0) is 30.6. The van der Waals surface area contributed by atoms with Crippen molar-refractivity contribution in [3.05, 3.63) is 24.3 Å². The highest BCUT2D eigenvalue weighted by Gasteiger charge is 2.28.